The van der Waals surface area contributed by atoms with E-state index in [1.807, 2.05) is 66.7 Å². The summed E-state index contributed by atoms with van der Waals surface area (Å²) < 4.78 is 16.4. The molecule has 0 saturated carbocycles. The second kappa shape index (κ2) is 13.2. The number of nitriles is 1. The molecule has 1 heterocycles. The summed E-state index contributed by atoms with van der Waals surface area (Å²) in [5, 5.41) is 12.1. The third-order valence-electron chi connectivity index (χ3n) is 5.21. The molecule has 0 aliphatic carbocycles. The quantitative estimate of drug-likeness (QED) is 0.596. The van der Waals surface area contributed by atoms with Crippen molar-refractivity contribution in [2.75, 3.05) is 32.9 Å². The van der Waals surface area contributed by atoms with Crippen LogP contribution in [-0.4, -0.2) is 62.0 Å². The maximum Gasteiger partial charge on any atom is 0.410 e. The predicted octanol–water partition coefficient (Wildman–Crippen LogP) is 2.68. The number of amides is 2. The van der Waals surface area contributed by atoms with Crippen molar-refractivity contribution in [3.63, 3.8) is 0 Å². The van der Waals surface area contributed by atoms with Crippen molar-refractivity contribution in [1.82, 2.24) is 10.2 Å². The van der Waals surface area contributed by atoms with E-state index < -0.39 is 24.1 Å². The first-order valence-electron chi connectivity index (χ1n) is 11.0. The fourth-order valence-electron chi connectivity index (χ4n) is 3.37. The number of nitrogens with one attached hydrogen (secondary N) is 1. The van der Waals surface area contributed by atoms with Crippen molar-refractivity contribution in [1.29, 1.82) is 5.26 Å². The van der Waals surface area contributed by atoms with Crippen LogP contribution in [0.25, 0.3) is 0 Å². The average molecular weight is 452 g/mol. The van der Waals surface area contributed by atoms with Crippen LogP contribution in [0.1, 0.15) is 17.5 Å². The second-order valence-corrected chi connectivity index (χ2v) is 7.69. The van der Waals surface area contributed by atoms with Crippen LogP contribution in [0.3, 0.4) is 0 Å². The molecule has 8 nitrogen and oxygen atoms in total. The fraction of sp³-hybridized carbons (Fsp3) is 0.400. The summed E-state index contributed by atoms with van der Waals surface area (Å²) in [7, 11) is 0. The first-order chi connectivity index (χ1) is 16.2. The molecular weight excluding hydrogens is 422 g/mol. The lowest BCUT2D eigenvalue weighted by Gasteiger charge is -2.28. The van der Waals surface area contributed by atoms with Crippen LogP contribution in [0.2, 0.25) is 0 Å². The predicted molar refractivity (Wildman–Crippen MR) is 121 cm³/mol. The molecule has 174 valence electrons. The summed E-state index contributed by atoms with van der Waals surface area (Å²) in [6.07, 6.45) is -0.725. The van der Waals surface area contributed by atoms with Gasteiger partial charge in [0.2, 0.25) is 0 Å². The summed E-state index contributed by atoms with van der Waals surface area (Å²) in [6, 6.07) is 20.4. The van der Waals surface area contributed by atoms with Crippen molar-refractivity contribution in [3.8, 4) is 6.07 Å². The van der Waals surface area contributed by atoms with Crippen LogP contribution in [-0.2, 0) is 32.0 Å². The largest absolute Gasteiger partial charge is 0.436 e. The van der Waals surface area contributed by atoms with Gasteiger partial charge in [-0.1, -0.05) is 60.7 Å². The minimum absolute atomic E-state index is 0.0277. The number of carbonyl (C=O) groups is 2. The molecule has 0 radical (unpaired) electrons. The maximum atomic E-state index is 12.9. The molecule has 1 saturated heterocycles. The highest BCUT2D eigenvalue weighted by molar-refractivity contribution is 5.84. The number of benzene rings is 2. The van der Waals surface area contributed by atoms with E-state index in [1.54, 1.807) is 0 Å². The van der Waals surface area contributed by atoms with E-state index in [2.05, 4.69) is 5.32 Å². The molecule has 0 bridgehead atoms. The second-order valence-electron chi connectivity index (χ2n) is 7.69. The van der Waals surface area contributed by atoms with E-state index in [-0.39, 0.29) is 6.61 Å². The summed E-state index contributed by atoms with van der Waals surface area (Å²) in [5.74, 6) is -0.512. The monoisotopic (exact) mass is 451 g/mol. The van der Waals surface area contributed by atoms with Gasteiger partial charge in [0, 0.05) is 13.1 Å². The van der Waals surface area contributed by atoms with Gasteiger partial charge in [0.15, 0.2) is 6.10 Å². The van der Waals surface area contributed by atoms with Gasteiger partial charge in [0.05, 0.1) is 32.5 Å². The SMILES string of the molecule is N#C[C@H](COCc1ccccc1)NC(=O)[C@H](CCc1ccccc1)OC(=O)N1CCOCC1. The molecule has 1 N–H and O–H groups in total. The van der Waals surface area contributed by atoms with Crippen molar-refractivity contribution < 1.29 is 23.8 Å². The average Bonchev–Trinajstić information content (AvgIpc) is 2.87. The zero-order valence-corrected chi connectivity index (χ0v) is 18.5. The Bertz CT molecular complexity index is 911. The van der Waals surface area contributed by atoms with Crippen molar-refractivity contribution in [3.05, 3.63) is 71.8 Å². The highest BCUT2D eigenvalue weighted by Crippen LogP contribution is 2.11. The fourth-order valence-corrected chi connectivity index (χ4v) is 3.37. The summed E-state index contributed by atoms with van der Waals surface area (Å²) in [5.41, 5.74) is 2.00. The zero-order valence-electron chi connectivity index (χ0n) is 18.5. The molecule has 2 aromatic carbocycles. The minimum atomic E-state index is -1.02. The Hall–Kier alpha value is -3.41. The first kappa shape index (κ1) is 24.2. The van der Waals surface area contributed by atoms with E-state index in [1.165, 1.54) is 4.90 Å². The van der Waals surface area contributed by atoms with Crippen LogP contribution >= 0.6 is 0 Å². The standard InChI is InChI=1S/C25H29N3O5/c26-17-22(19-32-18-21-9-5-2-6-10-21)27-24(29)23(12-11-20-7-3-1-4-8-20)33-25(30)28-13-15-31-16-14-28/h1-10,22-23H,11-16,18-19H2,(H,27,29)/t22-,23+/m1/s1. The van der Waals surface area contributed by atoms with Gasteiger partial charge in [-0.25, -0.2) is 4.79 Å². The first-order valence-corrected chi connectivity index (χ1v) is 11.0. The zero-order chi connectivity index (χ0) is 23.3. The lowest BCUT2D eigenvalue weighted by Crippen LogP contribution is -2.48. The van der Waals surface area contributed by atoms with E-state index in [9.17, 15) is 14.9 Å². The topological polar surface area (TPSA) is 101 Å². The van der Waals surface area contributed by atoms with Gasteiger partial charge in [-0.3, -0.25) is 4.79 Å². The smallest absolute Gasteiger partial charge is 0.410 e. The van der Waals surface area contributed by atoms with Gasteiger partial charge in [-0.2, -0.15) is 5.26 Å². The molecule has 0 aromatic heterocycles. The molecule has 2 atom stereocenters. The Kier molecular flexibility index (Phi) is 9.70. The normalized spacial score (nSPS) is 15.2. The van der Waals surface area contributed by atoms with E-state index in [4.69, 9.17) is 14.2 Å². The molecule has 2 aromatic rings. The summed E-state index contributed by atoms with van der Waals surface area (Å²) >= 11 is 0. The molecule has 3 rings (SSSR count). The van der Waals surface area contributed by atoms with Gasteiger partial charge >= 0.3 is 6.09 Å². The lowest BCUT2D eigenvalue weighted by molar-refractivity contribution is -0.131. The van der Waals surface area contributed by atoms with Crippen LogP contribution in [0.15, 0.2) is 60.7 Å². The highest BCUT2D eigenvalue weighted by Gasteiger charge is 2.28. The third-order valence-corrected chi connectivity index (χ3v) is 5.21. The maximum absolute atomic E-state index is 12.9. The molecule has 0 unspecified atom stereocenters. The van der Waals surface area contributed by atoms with E-state index in [0.717, 1.165) is 11.1 Å². The van der Waals surface area contributed by atoms with Crippen molar-refractivity contribution >= 4 is 12.0 Å². The number of hydrogen-bond donors (Lipinski definition) is 1. The van der Waals surface area contributed by atoms with E-state index >= 15 is 0 Å². The Balaban J connectivity index is 1.57. The van der Waals surface area contributed by atoms with Crippen LogP contribution < -0.4 is 5.32 Å². The van der Waals surface area contributed by atoms with Gasteiger partial charge in [0.1, 0.15) is 6.04 Å². The number of morpholine rings is 1. The summed E-state index contributed by atoms with van der Waals surface area (Å²) in [4.78, 5) is 27.1. The Morgan fingerprint density at radius 1 is 1.03 bits per heavy atom. The number of rotatable bonds is 10. The highest BCUT2D eigenvalue weighted by atomic mass is 16.6. The van der Waals surface area contributed by atoms with Gasteiger partial charge in [-0.05, 0) is 24.0 Å². The number of aryl methyl sites for hydroxylation is 1. The molecule has 33 heavy (non-hydrogen) atoms. The lowest BCUT2D eigenvalue weighted by atomic mass is 10.1. The number of ether oxygens (including phenoxy) is 3. The van der Waals surface area contributed by atoms with Crippen LogP contribution in [0.4, 0.5) is 4.79 Å². The molecule has 8 heteroatoms. The third kappa shape index (κ3) is 8.22. The molecule has 1 aliphatic heterocycles. The van der Waals surface area contributed by atoms with Gasteiger partial charge < -0.3 is 24.4 Å². The van der Waals surface area contributed by atoms with Crippen molar-refractivity contribution in [2.45, 2.75) is 31.6 Å². The minimum Gasteiger partial charge on any atom is -0.436 e. The molecule has 1 aliphatic rings. The molecule has 1 fully saturated rings. The van der Waals surface area contributed by atoms with Crippen LogP contribution in [0, 0.1) is 11.3 Å². The van der Waals surface area contributed by atoms with Gasteiger partial charge in [0.25, 0.3) is 5.91 Å². The number of carbonyl (C=O) groups excluding carboxylic acids is 2. The summed E-state index contributed by atoms with van der Waals surface area (Å²) in [6.45, 7) is 2.06. The Labute approximate surface area is 194 Å². The molecule has 0 spiro atoms. The van der Waals surface area contributed by atoms with Crippen molar-refractivity contribution in [2.24, 2.45) is 0 Å². The number of nitrogens with zero attached hydrogens (tertiary/aromatic N) is 2. The van der Waals surface area contributed by atoms with Crippen LogP contribution in [0.5, 0.6) is 0 Å². The number of hydrogen-bond acceptors (Lipinski definition) is 6. The van der Waals surface area contributed by atoms with E-state index in [0.29, 0.717) is 45.8 Å². The molecule has 2 amide bonds. The Morgan fingerprint density at radius 2 is 1.67 bits per heavy atom. The molecular formula is C25H29N3O5. The Morgan fingerprint density at radius 3 is 2.30 bits per heavy atom. The van der Waals surface area contributed by atoms with Gasteiger partial charge in [-0.15, -0.1) is 0 Å².